The molecule has 20 heavy (non-hydrogen) atoms. The van der Waals surface area contributed by atoms with Gasteiger partial charge in [0.25, 0.3) is 0 Å². The first-order valence-electron chi connectivity index (χ1n) is 6.99. The molecule has 0 spiro atoms. The third-order valence-corrected chi connectivity index (χ3v) is 4.68. The van der Waals surface area contributed by atoms with Crippen molar-refractivity contribution in [2.24, 2.45) is 0 Å². The standard InChI is InChI=1S/C18H21IO/c1-4-18(2,3)15-10-11-17(16(19)12-15)20-13-14-8-6-5-7-9-14/h5-12H,4,13H2,1-3H3. The molecule has 0 aliphatic carbocycles. The number of halogens is 1. The highest BCUT2D eigenvalue weighted by Gasteiger charge is 2.19. The van der Waals surface area contributed by atoms with Crippen LogP contribution in [0.15, 0.2) is 48.5 Å². The molecular weight excluding hydrogens is 359 g/mol. The average molecular weight is 380 g/mol. The molecule has 0 saturated heterocycles. The molecule has 0 saturated carbocycles. The van der Waals surface area contributed by atoms with Gasteiger partial charge in [-0.15, -0.1) is 0 Å². The molecule has 0 heterocycles. The van der Waals surface area contributed by atoms with Crippen molar-refractivity contribution in [3.63, 3.8) is 0 Å². The van der Waals surface area contributed by atoms with Crippen LogP contribution < -0.4 is 4.74 Å². The number of ether oxygens (including phenoxy) is 1. The van der Waals surface area contributed by atoms with Crippen LogP contribution in [0.2, 0.25) is 0 Å². The summed E-state index contributed by atoms with van der Waals surface area (Å²) in [7, 11) is 0. The predicted molar refractivity (Wildman–Crippen MR) is 93.3 cm³/mol. The zero-order chi connectivity index (χ0) is 14.6. The van der Waals surface area contributed by atoms with Crippen LogP contribution >= 0.6 is 22.6 Å². The average Bonchev–Trinajstić information content (AvgIpc) is 2.47. The Hall–Kier alpha value is -1.03. The minimum Gasteiger partial charge on any atom is -0.488 e. The van der Waals surface area contributed by atoms with E-state index in [1.165, 1.54) is 14.7 Å². The van der Waals surface area contributed by atoms with Crippen LogP contribution in [-0.4, -0.2) is 0 Å². The molecule has 0 bridgehead atoms. The molecule has 0 N–H and O–H groups in total. The van der Waals surface area contributed by atoms with Gasteiger partial charge in [0.2, 0.25) is 0 Å². The molecule has 0 aliphatic heterocycles. The largest absolute Gasteiger partial charge is 0.488 e. The lowest BCUT2D eigenvalue weighted by molar-refractivity contribution is 0.303. The van der Waals surface area contributed by atoms with Gasteiger partial charge in [-0.3, -0.25) is 0 Å². The molecule has 2 aromatic rings. The van der Waals surface area contributed by atoms with Crippen LogP contribution in [0.1, 0.15) is 38.3 Å². The molecule has 2 heteroatoms. The van der Waals surface area contributed by atoms with Gasteiger partial charge in [-0.2, -0.15) is 0 Å². The summed E-state index contributed by atoms with van der Waals surface area (Å²) < 4.78 is 7.09. The molecule has 0 aromatic heterocycles. The molecule has 0 aliphatic rings. The van der Waals surface area contributed by atoms with Gasteiger partial charge in [-0.1, -0.05) is 57.2 Å². The van der Waals surface area contributed by atoms with Gasteiger partial charge in [0.05, 0.1) is 3.57 Å². The highest BCUT2D eigenvalue weighted by molar-refractivity contribution is 14.1. The summed E-state index contributed by atoms with van der Waals surface area (Å²) in [4.78, 5) is 0. The van der Waals surface area contributed by atoms with Crippen LogP contribution in [0.25, 0.3) is 0 Å². The van der Waals surface area contributed by atoms with Gasteiger partial charge < -0.3 is 4.74 Å². The zero-order valence-electron chi connectivity index (χ0n) is 12.3. The number of hydrogen-bond acceptors (Lipinski definition) is 1. The SMILES string of the molecule is CCC(C)(C)c1ccc(OCc2ccccc2)c(I)c1. The van der Waals surface area contributed by atoms with Crippen molar-refractivity contribution in [3.8, 4) is 5.75 Å². The Morgan fingerprint density at radius 1 is 1.05 bits per heavy atom. The fourth-order valence-electron chi connectivity index (χ4n) is 1.98. The first kappa shape index (κ1) is 15.4. The van der Waals surface area contributed by atoms with E-state index in [1.807, 2.05) is 18.2 Å². The Morgan fingerprint density at radius 3 is 2.35 bits per heavy atom. The van der Waals surface area contributed by atoms with Crippen LogP contribution in [-0.2, 0) is 12.0 Å². The van der Waals surface area contributed by atoms with E-state index in [9.17, 15) is 0 Å². The van der Waals surface area contributed by atoms with Crippen molar-refractivity contribution in [1.29, 1.82) is 0 Å². The third-order valence-electron chi connectivity index (χ3n) is 3.83. The Morgan fingerprint density at radius 2 is 1.75 bits per heavy atom. The van der Waals surface area contributed by atoms with E-state index < -0.39 is 0 Å². The van der Waals surface area contributed by atoms with E-state index in [1.54, 1.807) is 0 Å². The van der Waals surface area contributed by atoms with E-state index in [4.69, 9.17) is 4.74 Å². The van der Waals surface area contributed by atoms with Crippen molar-refractivity contribution in [1.82, 2.24) is 0 Å². The Kier molecular flexibility index (Phi) is 5.08. The summed E-state index contributed by atoms with van der Waals surface area (Å²) in [6.07, 6.45) is 1.13. The Bertz CT molecular complexity index is 561. The van der Waals surface area contributed by atoms with E-state index >= 15 is 0 Å². The first-order valence-corrected chi connectivity index (χ1v) is 8.07. The molecule has 0 radical (unpaired) electrons. The van der Waals surface area contributed by atoms with Gasteiger partial charge in [0.1, 0.15) is 12.4 Å². The van der Waals surface area contributed by atoms with E-state index in [2.05, 4.69) is 73.7 Å². The smallest absolute Gasteiger partial charge is 0.133 e. The van der Waals surface area contributed by atoms with Crippen LogP contribution in [0.3, 0.4) is 0 Å². The van der Waals surface area contributed by atoms with Crippen LogP contribution in [0, 0.1) is 3.57 Å². The zero-order valence-corrected chi connectivity index (χ0v) is 14.5. The highest BCUT2D eigenvalue weighted by atomic mass is 127. The summed E-state index contributed by atoms with van der Waals surface area (Å²) in [5.74, 6) is 0.963. The molecule has 0 fully saturated rings. The minimum atomic E-state index is 0.220. The van der Waals surface area contributed by atoms with Crippen molar-refractivity contribution in [3.05, 3.63) is 63.2 Å². The van der Waals surface area contributed by atoms with E-state index in [-0.39, 0.29) is 5.41 Å². The van der Waals surface area contributed by atoms with Crippen molar-refractivity contribution in [2.75, 3.05) is 0 Å². The summed E-state index contributed by atoms with van der Waals surface area (Å²) in [5.41, 5.74) is 2.79. The van der Waals surface area contributed by atoms with Gasteiger partial charge in [-0.05, 0) is 57.7 Å². The predicted octanol–water partition coefficient (Wildman–Crippen LogP) is 5.56. The summed E-state index contributed by atoms with van der Waals surface area (Å²) in [6.45, 7) is 7.41. The lowest BCUT2D eigenvalue weighted by Gasteiger charge is -2.24. The molecule has 0 amide bonds. The van der Waals surface area contributed by atoms with Crippen molar-refractivity contribution in [2.45, 2.75) is 39.2 Å². The number of rotatable bonds is 5. The van der Waals surface area contributed by atoms with Crippen molar-refractivity contribution >= 4 is 22.6 Å². The van der Waals surface area contributed by atoms with Gasteiger partial charge in [0.15, 0.2) is 0 Å². The molecule has 2 rings (SSSR count). The first-order chi connectivity index (χ1) is 9.53. The summed E-state index contributed by atoms with van der Waals surface area (Å²) in [6, 6.07) is 16.8. The number of hydrogen-bond donors (Lipinski definition) is 0. The van der Waals surface area contributed by atoms with Crippen molar-refractivity contribution < 1.29 is 4.74 Å². The second-order valence-electron chi connectivity index (χ2n) is 5.66. The van der Waals surface area contributed by atoms with Crippen LogP contribution in [0.5, 0.6) is 5.75 Å². The topological polar surface area (TPSA) is 9.23 Å². The number of benzene rings is 2. The normalized spacial score (nSPS) is 11.4. The highest BCUT2D eigenvalue weighted by Crippen LogP contribution is 2.31. The maximum atomic E-state index is 5.92. The molecule has 0 atom stereocenters. The molecule has 1 nitrogen and oxygen atoms in total. The molecule has 0 unspecified atom stereocenters. The quantitative estimate of drug-likeness (QED) is 0.618. The van der Waals surface area contributed by atoms with E-state index in [0.29, 0.717) is 6.61 Å². The van der Waals surface area contributed by atoms with Gasteiger partial charge in [0, 0.05) is 0 Å². The summed E-state index contributed by atoms with van der Waals surface area (Å²) >= 11 is 2.36. The Labute approximate surface area is 135 Å². The second kappa shape index (κ2) is 6.61. The third kappa shape index (κ3) is 3.75. The molecule has 2 aromatic carbocycles. The van der Waals surface area contributed by atoms with Crippen LogP contribution in [0.4, 0.5) is 0 Å². The fourth-order valence-corrected chi connectivity index (χ4v) is 2.65. The molecular formula is C18H21IO. The fraction of sp³-hybridized carbons (Fsp3) is 0.333. The lowest BCUT2D eigenvalue weighted by atomic mass is 9.82. The molecule has 106 valence electrons. The monoisotopic (exact) mass is 380 g/mol. The minimum absolute atomic E-state index is 0.220. The second-order valence-corrected chi connectivity index (χ2v) is 6.82. The summed E-state index contributed by atoms with van der Waals surface area (Å²) in [5, 5.41) is 0. The maximum absolute atomic E-state index is 5.92. The Balaban J connectivity index is 2.11. The lowest BCUT2D eigenvalue weighted by Crippen LogP contribution is -2.15. The van der Waals surface area contributed by atoms with Gasteiger partial charge >= 0.3 is 0 Å². The maximum Gasteiger partial charge on any atom is 0.133 e. The van der Waals surface area contributed by atoms with Gasteiger partial charge in [-0.25, -0.2) is 0 Å². The van der Waals surface area contributed by atoms with E-state index in [0.717, 1.165) is 12.2 Å².